The van der Waals surface area contributed by atoms with E-state index in [0.29, 0.717) is 12.6 Å². The summed E-state index contributed by atoms with van der Waals surface area (Å²) in [7, 11) is 0. The Kier molecular flexibility index (Phi) is 4.14. The number of nitrogens with zero attached hydrogens (tertiary/aromatic N) is 2. The molecule has 1 saturated carbocycles. The van der Waals surface area contributed by atoms with Crippen LogP contribution in [-0.4, -0.2) is 28.2 Å². The predicted octanol–water partition coefficient (Wildman–Crippen LogP) is 3.12. The molecule has 0 amide bonds. The van der Waals surface area contributed by atoms with Crippen molar-refractivity contribution in [3.05, 3.63) is 42.1 Å². The van der Waals surface area contributed by atoms with Crippen molar-refractivity contribution in [3.63, 3.8) is 0 Å². The van der Waals surface area contributed by atoms with Gasteiger partial charge in [-0.05, 0) is 42.7 Å². The van der Waals surface area contributed by atoms with Crippen molar-refractivity contribution in [3.8, 4) is 11.3 Å². The van der Waals surface area contributed by atoms with Gasteiger partial charge in [-0.2, -0.15) is 0 Å². The third-order valence-corrected chi connectivity index (χ3v) is 4.90. The maximum absolute atomic E-state index is 13.1. The summed E-state index contributed by atoms with van der Waals surface area (Å²) in [6.45, 7) is 2.21. The third-order valence-electron chi connectivity index (χ3n) is 4.90. The summed E-state index contributed by atoms with van der Waals surface area (Å²) in [5.41, 5.74) is 2.03. The third kappa shape index (κ3) is 3.16. The Morgan fingerprint density at radius 2 is 2.00 bits per heavy atom. The predicted molar refractivity (Wildman–Crippen MR) is 86.5 cm³/mol. The highest BCUT2D eigenvalue weighted by Crippen LogP contribution is 2.25. The minimum atomic E-state index is -0.214. The standard InChI is InChI=1S/C18H22FN3O/c19-14-7-5-13(6-8-14)17-10-21-18-12-23-16(11-22(17)18)9-20-15-3-1-2-4-15/h5-8,10,15-16,20H,1-4,9,11-12H2/t16-/m0/s1. The quantitative estimate of drug-likeness (QED) is 0.942. The van der Waals surface area contributed by atoms with Crippen LogP contribution in [-0.2, 0) is 17.9 Å². The second-order valence-electron chi connectivity index (χ2n) is 6.50. The van der Waals surface area contributed by atoms with E-state index in [2.05, 4.69) is 14.9 Å². The number of ether oxygens (including phenoxy) is 1. The first kappa shape index (κ1) is 14.8. The van der Waals surface area contributed by atoms with Crippen molar-refractivity contribution in [2.45, 2.75) is 51.0 Å². The zero-order valence-electron chi connectivity index (χ0n) is 13.2. The van der Waals surface area contributed by atoms with Crippen molar-refractivity contribution in [1.82, 2.24) is 14.9 Å². The van der Waals surface area contributed by atoms with E-state index < -0.39 is 0 Å². The molecule has 23 heavy (non-hydrogen) atoms. The molecule has 2 aliphatic rings. The van der Waals surface area contributed by atoms with Crippen molar-refractivity contribution in [1.29, 1.82) is 0 Å². The van der Waals surface area contributed by atoms with Gasteiger partial charge >= 0.3 is 0 Å². The lowest BCUT2D eigenvalue weighted by atomic mass is 10.1. The molecule has 0 radical (unpaired) electrons. The molecular weight excluding hydrogens is 293 g/mol. The summed E-state index contributed by atoms with van der Waals surface area (Å²) in [6, 6.07) is 7.25. The lowest BCUT2D eigenvalue weighted by molar-refractivity contribution is 0.00206. The molecule has 1 aliphatic carbocycles. The van der Waals surface area contributed by atoms with E-state index in [4.69, 9.17) is 4.74 Å². The average Bonchev–Trinajstić information content (AvgIpc) is 3.23. The van der Waals surface area contributed by atoms with Gasteiger partial charge in [0.2, 0.25) is 0 Å². The molecule has 1 aliphatic heterocycles. The van der Waals surface area contributed by atoms with Crippen molar-refractivity contribution < 1.29 is 9.13 Å². The topological polar surface area (TPSA) is 39.1 Å². The number of imidazole rings is 1. The highest BCUT2D eigenvalue weighted by Gasteiger charge is 2.24. The molecule has 0 saturated heterocycles. The first-order valence-corrected chi connectivity index (χ1v) is 8.45. The van der Waals surface area contributed by atoms with Crippen LogP contribution in [0.1, 0.15) is 31.5 Å². The van der Waals surface area contributed by atoms with Gasteiger partial charge in [-0.1, -0.05) is 12.8 Å². The van der Waals surface area contributed by atoms with Crippen molar-refractivity contribution in [2.24, 2.45) is 0 Å². The van der Waals surface area contributed by atoms with Gasteiger partial charge in [0.1, 0.15) is 18.2 Å². The number of benzene rings is 1. The molecule has 1 aromatic heterocycles. The second kappa shape index (κ2) is 6.42. The number of halogens is 1. The Balaban J connectivity index is 1.47. The maximum atomic E-state index is 13.1. The second-order valence-corrected chi connectivity index (χ2v) is 6.50. The molecule has 2 aromatic rings. The molecule has 1 atom stereocenters. The largest absolute Gasteiger partial charge is 0.367 e. The molecule has 1 fully saturated rings. The average molecular weight is 315 g/mol. The molecule has 4 nitrogen and oxygen atoms in total. The van der Waals surface area contributed by atoms with Gasteiger partial charge in [0.15, 0.2) is 0 Å². The van der Waals surface area contributed by atoms with Gasteiger partial charge in [-0.15, -0.1) is 0 Å². The monoisotopic (exact) mass is 315 g/mol. The van der Waals surface area contributed by atoms with Crippen LogP contribution in [0.3, 0.4) is 0 Å². The number of fused-ring (bicyclic) bond motifs is 1. The van der Waals surface area contributed by atoms with Crippen LogP contribution < -0.4 is 5.32 Å². The molecule has 122 valence electrons. The van der Waals surface area contributed by atoms with Crippen LogP contribution in [0.25, 0.3) is 11.3 Å². The number of rotatable bonds is 4. The molecule has 2 heterocycles. The van der Waals surface area contributed by atoms with E-state index in [1.165, 1.54) is 37.8 Å². The SMILES string of the molecule is Fc1ccc(-c2cnc3n2C[C@H](CNC2CCCC2)OC3)cc1. The fraction of sp³-hybridized carbons (Fsp3) is 0.500. The van der Waals surface area contributed by atoms with Gasteiger partial charge in [0.25, 0.3) is 0 Å². The Hall–Kier alpha value is -1.72. The fourth-order valence-corrected chi connectivity index (χ4v) is 3.58. The minimum Gasteiger partial charge on any atom is -0.367 e. The molecule has 1 aromatic carbocycles. The van der Waals surface area contributed by atoms with Crippen LogP contribution >= 0.6 is 0 Å². The Morgan fingerprint density at radius 1 is 1.22 bits per heavy atom. The highest BCUT2D eigenvalue weighted by atomic mass is 19.1. The summed E-state index contributed by atoms with van der Waals surface area (Å²) in [4.78, 5) is 4.45. The van der Waals surface area contributed by atoms with E-state index >= 15 is 0 Å². The Bertz CT molecular complexity index is 661. The van der Waals surface area contributed by atoms with Gasteiger partial charge in [-0.25, -0.2) is 9.37 Å². The highest BCUT2D eigenvalue weighted by molar-refractivity contribution is 5.59. The van der Waals surface area contributed by atoms with Gasteiger partial charge < -0.3 is 14.6 Å². The summed E-state index contributed by atoms with van der Waals surface area (Å²) >= 11 is 0. The van der Waals surface area contributed by atoms with Crippen LogP contribution in [0.15, 0.2) is 30.5 Å². The van der Waals surface area contributed by atoms with E-state index in [1.54, 1.807) is 12.1 Å². The van der Waals surface area contributed by atoms with E-state index in [0.717, 1.165) is 30.2 Å². The lowest BCUT2D eigenvalue weighted by Gasteiger charge is -2.27. The van der Waals surface area contributed by atoms with Gasteiger partial charge in [0, 0.05) is 12.6 Å². The van der Waals surface area contributed by atoms with Crippen LogP contribution in [0, 0.1) is 5.82 Å². The molecule has 4 rings (SSSR count). The summed E-state index contributed by atoms with van der Waals surface area (Å²) < 4.78 is 21.3. The summed E-state index contributed by atoms with van der Waals surface area (Å²) in [5, 5.41) is 3.63. The van der Waals surface area contributed by atoms with Crippen molar-refractivity contribution >= 4 is 0 Å². The summed E-state index contributed by atoms with van der Waals surface area (Å²) in [5.74, 6) is 0.732. The molecular formula is C18H22FN3O. The number of hydrogen-bond acceptors (Lipinski definition) is 3. The summed E-state index contributed by atoms with van der Waals surface area (Å²) in [6.07, 6.45) is 7.26. The molecule has 0 unspecified atom stereocenters. The fourth-order valence-electron chi connectivity index (χ4n) is 3.58. The van der Waals surface area contributed by atoms with Gasteiger partial charge in [0.05, 0.1) is 24.5 Å². The molecule has 0 spiro atoms. The van der Waals surface area contributed by atoms with Gasteiger partial charge in [-0.3, -0.25) is 0 Å². The number of nitrogens with one attached hydrogen (secondary N) is 1. The maximum Gasteiger partial charge on any atom is 0.135 e. The number of hydrogen-bond donors (Lipinski definition) is 1. The van der Waals surface area contributed by atoms with E-state index in [1.807, 2.05) is 6.20 Å². The minimum absolute atomic E-state index is 0.163. The Morgan fingerprint density at radius 3 is 2.78 bits per heavy atom. The first-order valence-electron chi connectivity index (χ1n) is 8.45. The van der Waals surface area contributed by atoms with Crippen LogP contribution in [0.2, 0.25) is 0 Å². The molecule has 0 bridgehead atoms. The molecule has 1 N–H and O–H groups in total. The van der Waals surface area contributed by atoms with E-state index in [-0.39, 0.29) is 11.9 Å². The van der Waals surface area contributed by atoms with Crippen LogP contribution in [0.5, 0.6) is 0 Å². The zero-order valence-corrected chi connectivity index (χ0v) is 13.2. The normalized spacial score (nSPS) is 21.5. The van der Waals surface area contributed by atoms with E-state index in [9.17, 15) is 4.39 Å². The zero-order chi connectivity index (χ0) is 15.6. The van der Waals surface area contributed by atoms with Crippen LogP contribution in [0.4, 0.5) is 4.39 Å². The molecule has 5 heteroatoms. The Labute approximate surface area is 135 Å². The van der Waals surface area contributed by atoms with Crippen molar-refractivity contribution in [2.75, 3.05) is 6.54 Å². The smallest absolute Gasteiger partial charge is 0.135 e. The first-order chi connectivity index (χ1) is 11.3. The lowest BCUT2D eigenvalue weighted by Crippen LogP contribution is -2.39. The number of aromatic nitrogens is 2.